The van der Waals surface area contributed by atoms with Gasteiger partial charge in [-0.2, -0.15) is 0 Å². The first-order valence-corrected chi connectivity index (χ1v) is 3.98. The van der Waals surface area contributed by atoms with Gasteiger partial charge in [-0.3, -0.25) is 4.79 Å². The molecule has 0 fully saturated rings. The van der Waals surface area contributed by atoms with Crippen LogP contribution in [0.2, 0.25) is 0 Å². The zero-order valence-corrected chi connectivity index (χ0v) is 7.83. The van der Waals surface area contributed by atoms with Crippen molar-refractivity contribution in [1.82, 2.24) is 0 Å². The first-order valence-electron chi connectivity index (χ1n) is 3.98. The van der Waals surface area contributed by atoms with Crippen LogP contribution >= 0.6 is 0 Å². The van der Waals surface area contributed by atoms with Gasteiger partial charge in [0.1, 0.15) is 11.8 Å². The molecular weight excluding hydrogens is 208 g/mol. The van der Waals surface area contributed by atoms with Crippen molar-refractivity contribution in [1.29, 1.82) is 0 Å². The van der Waals surface area contributed by atoms with Gasteiger partial charge in [0, 0.05) is 11.6 Å². The van der Waals surface area contributed by atoms with Gasteiger partial charge in [0.15, 0.2) is 11.6 Å². The maximum absolute atomic E-state index is 13.2. The summed E-state index contributed by atoms with van der Waals surface area (Å²) in [6, 6.07) is 0.250. The molecule has 4 nitrogen and oxygen atoms in total. The summed E-state index contributed by atoms with van der Waals surface area (Å²) in [6.45, 7) is 0. The average Bonchev–Trinajstić information content (AvgIpc) is 2.20. The van der Waals surface area contributed by atoms with Crippen LogP contribution in [0.15, 0.2) is 12.1 Å². The molecule has 0 heterocycles. The number of carboxylic acid groups (broad SMARTS) is 1. The number of rotatable bonds is 3. The van der Waals surface area contributed by atoms with Crippen molar-refractivity contribution in [2.45, 2.75) is 6.04 Å². The van der Waals surface area contributed by atoms with Crippen LogP contribution in [-0.4, -0.2) is 18.2 Å². The van der Waals surface area contributed by atoms with E-state index in [0.717, 1.165) is 12.1 Å². The molecular formula is C9H9F2NO3. The van der Waals surface area contributed by atoms with Crippen molar-refractivity contribution in [3.05, 3.63) is 29.3 Å². The second kappa shape index (κ2) is 4.22. The predicted molar refractivity (Wildman–Crippen MR) is 47.5 cm³/mol. The molecule has 1 unspecified atom stereocenters. The van der Waals surface area contributed by atoms with Crippen LogP contribution in [0.5, 0.6) is 5.75 Å². The van der Waals surface area contributed by atoms with Crippen LogP contribution in [0.25, 0.3) is 0 Å². The second-order valence-electron chi connectivity index (χ2n) is 2.83. The third kappa shape index (κ3) is 2.21. The number of carbonyl (C=O) groups is 1. The molecule has 0 amide bonds. The molecule has 0 radical (unpaired) electrons. The lowest BCUT2D eigenvalue weighted by Crippen LogP contribution is -2.22. The molecule has 0 spiro atoms. The molecule has 1 aromatic carbocycles. The van der Waals surface area contributed by atoms with Gasteiger partial charge in [-0.05, 0) is 6.07 Å². The van der Waals surface area contributed by atoms with Crippen LogP contribution in [0, 0.1) is 11.6 Å². The number of carboxylic acids is 1. The van der Waals surface area contributed by atoms with E-state index in [-0.39, 0.29) is 5.75 Å². The summed E-state index contributed by atoms with van der Waals surface area (Å²) < 4.78 is 30.8. The summed E-state index contributed by atoms with van der Waals surface area (Å²) in [5.74, 6) is -3.89. The van der Waals surface area contributed by atoms with Crippen LogP contribution in [0.4, 0.5) is 8.78 Å². The largest absolute Gasteiger partial charge is 0.497 e. The lowest BCUT2D eigenvalue weighted by Gasteiger charge is -2.10. The number of benzene rings is 1. The number of nitrogens with two attached hydrogens (primary N) is 1. The molecule has 15 heavy (non-hydrogen) atoms. The molecule has 0 saturated carbocycles. The molecule has 0 aliphatic carbocycles. The summed E-state index contributed by atoms with van der Waals surface area (Å²) in [4.78, 5) is 10.5. The number of ether oxygens (including phenoxy) is 1. The van der Waals surface area contributed by atoms with Crippen molar-refractivity contribution in [2.24, 2.45) is 5.73 Å². The van der Waals surface area contributed by atoms with Crippen molar-refractivity contribution >= 4 is 5.97 Å². The summed E-state index contributed by atoms with van der Waals surface area (Å²) >= 11 is 0. The van der Waals surface area contributed by atoms with E-state index < -0.39 is 29.2 Å². The number of halogens is 2. The first kappa shape index (κ1) is 11.4. The Hall–Kier alpha value is -1.69. The van der Waals surface area contributed by atoms with Crippen LogP contribution in [-0.2, 0) is 4.79 Å². The van der Waals surface area contributed by atoms with Crippen LogP contribution in [0.3, 0.4) is 0 Å². The lowest BCUT2D eigenvalue weighted by atomic mass is 10.1. The zero-order chi connectivity index (χ0) is 11.6. The maximum atomic E-state index is 13.2. The normalized spacial score (nSPS) is 12.3. The Balaban J connectivity index is 3.27. The van der Waals surface area contributed by atoms with Gasteiger partial charge in [0.2, 0.25) is 0 Å². The predicted octanol–water partition coefficient (Wildman–Crippen LogP) is 1.06. The maximum Gasteiger partial charge on any atom is 0.325 e. The molecule has 0 aliphatic rings. The second-order valence-corrected chi connectivity index (χ2v) is 2.83. The summed E-state index contributed by atoms with van der Waals surface area (Å²) in [5, 5.41) is 8.56. The number of hydrogen-bond acceptors (Lipinski definition) is 3. The van der Waals surface area contributed by atoms with Crippen LogP contribution in [0.1, 0.15) is 11.6 Å². The van der Waals surface area contributed by atoms with Gasteiger partial charge in [-0.25, -0.2) is 8.78 Å². The van der Waals surface area contributed by atoms with E-state index in [2.05, 4.69) is 4.74 Å². The van der Waals surface area contributed by atoms with Crippen molar-refractivity contribution in [3.8, 4) is 5.75 Å². The van der Waals surface area contributed by atoms with Gasteiger partial charge < -0.3 is 15.6 Å². The molecule has 1 atom stereocenters. The smallest absolute Gasteiger partial charge is 0.325 e. The minimum atomic E-state index is -1.62. The first-order chi connectivity index (χ1) is 6.97. The van der Waals surface area contributed by atoms with Crippen molar-refractivity contribution < 1.29 is 23.4 Å². The number of hydrogen-bond donors (Lipinski definition) is 2. The lowest BCUT2D eigenvalue weighted by molar-refractivity contribution is -0.138. The number of aliphatic carboxylic acids is 1. The molecule has 1 rings (SSSR count). The van der Waals surface area contributed by atoms with E-state index in [1.54, 1.807) is 0 Å². The Labute approximate surface area is 84.3 Å². The van der Waals surface area contributed by atoms with Crippen molar-refractivity contribution in [3.63, 3.8) is 0 Å². The van der Waals surface area contributed by atoms with E-state index in [4.69, 9.17) is 10.8 Å². The van der Waals surface area contributed by atoms with Gasteiger partial charge in [-0.1, -0.05) is 0 Å². The van der Waals surface area contributed by atoms with Gasteiger partial charge in [0.05, 0.1) is 7.11 Å². The minimum absolute atomic E-state index is 0.0144. The Bertz CT molecular complexity index is 395. The molecule has 0 aromatic heterocycles. The number of methoxy groups -OCH3 is 1. The Morgan fingerprint density at radius 1 is 1.53 bits per heavy atom. The fourth-order valence-electron chi connectivity index (χ4n) is 1.06. The SMILES string of the molecule is COc1cc(F)c(F)c(C(N)C(=O)O)c1. The van der Waals surface area contributed by atoms with E-state index in [0.29, 0.717) is 0 Å². The molecule has 82 valence electrons. The van der Waals surface area contributed by atoms with E-state index in [1.807, 2.05) is 0 Å². The Morgan fingerprint density at radius 3 is 2.60 bits per heavy atom. The van der Waals surface area contributed by atoms with Crippen molar-refractivity contribution in [2.75, 3.05) is 7.11 Å². The Kier molecular flexibility index (Phi) is 3.21. The minimum Gasteiger partial charge on any atom is -0.497 e. The average molecular weight is 217 g/mol. The molecule has 3 N–H and O–H groups in total. The fraction of sp³-hybridized carbons (Fsp3) is 0.222. The molecule has 1 aromatic rings. The van der Waals surface area contributed by atoms with Crippen LogP contribution < -0.4 is 10.5 Å². The van der Waals surface area contributed by atoms with E-state index in [9.17, 15) is 13.6 Å². The Morgan fingerprint density at radius 2 is 2.13 bits per heavy atom. The summed E-state index contributed by atoms with van der Waals surface area (Å²) in [7, 11) is 1.25. The van der Waals surface area contributed by atoms with Gasteiger partial charge >= 0.3 is 5.97 Å². The molecule has 6 heteroatoms. The van der Waals surface area contributed by atoms with E-state index in [1.165, 1.54) is 7.11 Å². The highest BCUT2D eigenvalue weighted by Gasteiger charge is 2.22. The highest BCUT2D eigenvalue weighted by atomic mass is 19.2. The van der Waals surface area contributed by atoms with E-state index >= 15 is 0 Å². The third-order valence-corrected chi connectivity index (χ3v) is 1.87. The zero-order valence-electron chi connectivity index (χ0n) is 7.83. The third-order valence-electron chi connectivity index (χ3n) is 1.87. The summed E-state index contributed by atoms with van der Waals surface area (Å²) in [6.07, 6.45) is 0. The van der Waals surface area contributed by atoms with Gasteiger partial charge in [-0.15, -0.1) is 0 Å². The molecule has 0 saturated heterocycles. The fourth-order valence-corrected chi connectivity index (χ4v) is 1.06. The highest BCUT2D eigenvalue weighted by molar-refractivity contribution is 5.75. The topological polar surface area (TPSA) is 72.5 Å². The molecule has 0 aliphatic heterocycles. The quantitative estimate of drug-likeness (QED) is 0.793. The standard InChI is InChI=1S/C9H9F2NO3/c1-15-4-2-5(8(12)9(13)14)7(11)6(10)3-4/h2-3,8H,12H2,1H3,(H,13,14). The monoisotopic (exact) mass is 217 g/mol. The highest BCUT2D eigenvalue weighted by Crippen LogP contribution is 2.24. The van der Waals surface area contributed by atoms with Gasteiger partial charge in [0.25, 0.3) is 0 Å². The summed E-state index contributed by atoms with van der Waals surface area (Å²) in [5.41, 5.74) is 4.72. The molecule has 0 bridgehead atoms.